The van der Waals surface area contributed by atoms with Gasteiger partial charge in [-0.05, 0) is 104 Å². The van der Waals surface area contributed by atoms with Gasteiger partial charge in [0.1, 0.15) is 41.5 Å². The Bertz CT molecular complexity index is 2210. The molecule has 5 aromatic rings. The van der Waals surface area contributed by atoms with Crippen LogP contribution in [0.4, 0.5) is 23.4 Å². The fraction of sp³-hybridized carbons (Fsp3) is 0.436. The molecule has 3 aromatic carbocycles. The van der Waals surface area contributed by atoms with Crippen LogP contribution in [0, 0.1) is 30.3 Å². The molecule has 0 bridgehead atoms. The largest absolute Gasteiger partial charge is 0.508 e. The summed E-state index contributed by atoms with van der Waals surface area (Å²) < 4.78 is 70.8. The van der Waals surface area contributed by atoms with Crippen molar-refractivity contribution in [3.8, 4) is 22.9 Å². The van der Waals surface area contributed by atoms with Crippen molar-refractivity contribution in [2.45, 2.75) is 70.5 Å². The summed E-state index contributed by atoms with van der Waals surface area (Å²) in [7, 11) is 0. The lowest BCUT2D eigenvalue weighted by Gasteiger charge is -2.31. The molecule has 0 radical (unpaired) electrons. The van der Waals surface area contributed by atoms with E-state index in [2.05, 4.69) is 15.0 Å². The third-order valence-electron chi connectivity index (χ3n) is 11.2. The molecule has 1 N–H and O–H groups in total. The molecule has 2 aromatic heterocycles. The number of fused-ring (bicyclic) bond motifs is 3. The number of hydrogen-bond donors (Lipinski definition) is 1. The summed E-state index contributed by atoms with van der Waals surface area (Å²) >= 11 is 0. The molecule has 1 unspecified atom stereocenters. The van der Waals surface area contributed by atoms with Crippen molar-refractivity contribution in [3.63, 3.8) is 0 Å². The zero-order chi connectivity index (χ0) is 36.3. The van der Waals surface area contributed by atoms with Gasteiger partial charge >= 0.3 is 6.01 Å². The van der Waals surface area contributed by atoms with Crippen LogP contribution in [0.25, 0.3) is 32.8 Å². The van der Waals surface area contributed by atoms with E-state index in [9.17, 15) is 14.3 Å². The van der Waals surface area contributed by atoms with Crippen molar-refractivity contribution < 1.29 is 32.2 Å². The number of nitrogens with zero attached hydrogens (tertiary/aromatic N) is 6. The molecule has 0 saturated carbocycles. The lowest BCUT2D eigenvalue weighted by Crippen LogP contribution is -2.43. The number of carbonyl (C=O) groups is 1. The van der Waals surface area contributed by atoms with Gasteiger partial charge in [0.15, 0.2) is 5.82 Å². The number of rotatable bonds is 7. The number of aryl methyl sites for hydroxylation is 2. The fourth-order valence-corrected chi connectivity index (χ4v) is 8.68. The predicted molar refractivity (Wildman–Crippen MR) is 189 cm³/mol. The van der Waals surface area contributed by atoms with Gasteiger partial charge in [-0.1, -0.05) is 13.0 Å². The van der Waals surface area contributed by atoms with Crippen LogP contribution in [0.3, 0.4) is 0 Å². The second kappa shape index (κ2) is 13.3. The maximum absolute atomic E-state index is 17.1. The second-order valence-corrected chi connectivity index (χ2v) is 14.5. The third kappa shape index (κ3) is 5.92. The van der Waals surface area contributed by atoms with Crippen LogP contribution in [0.5, 0.6) is 11.8 Å². The molecule has 8 rings (SSSR count). The van der Waals surface area contributed by atoms with Gasteiger partial charge in [0.2, 0.25) is 5.91 Å². The summed E-state index contributed by atoms with van der Waals surface area (Å²) in [6.07, 6.45) is 4.55. The number of phenolic OH excluding ortho intramolecular Hbond substituents is 1. The molecule has 0 spiro atoms. The molecule has 0 aliphatic carbocycles. The van der Waals surface area contributed by atoms with E-state index in [0.29, 0.717) is 56.1 Å². The average molecular weight is 717 g/mol. The minimum absolute atomic E-state index is 0.00343. The predicted octanol–water partition coefficient (Wildman–Crippen LogP) is 7.54. The van der Waals surface area contributed by atoms with Crippen molar-refractivity contribution in [2.75, 3.05) is 37.7 Å². The second-order valence-electron chi connectivity index (χ2n) is 14.5. The molecule has 52 heavy (non-hydrogen) atoms. The van der Waals surface area contributed by atoms with Crippen LogP contribution in [0.1, 0.15) is 61.5 Å². The number of halogens is 4. The van der Waals surface area contributed by atoms with E-state index in [1.807, 2.05) is 11.8 Å². The van der Waals surface area contributed by atoms with Gasteiger partial charge in [-0.3, -0.25) is 9.69 Å². The van der Waals surface area contributed by atoms with Crippen LogP contribution in [-0.4, -0.2) is 80.2 Å². The van der Waals surface area contributed by atoms with E-state index in [1.165, 1.54) is 35.0 Å². The number of alkyl halides is 1. The highest BCUT2D eigenvalue weighted by Crippen LogP contribution is 2.43. The number of aromatic hydroxyl groups is 1. The lowest BCUT2D eigenvalue weighted by molar-refractivity contribution is 0.0806. The standard InChI is InChI=1S/C39H40F4N6O3/c1-3-27-30(41)8-7-24-16-26(50)17-28(32(24)27)33-31(42)18-29-35(34(33)43)44-38(52-21-39-11-5-13-48(39)20-25(40)19-39)45-36(29)47-12-4-6-23(10-14-47)37(51)49-15-9-22(2)46-49/h7-9,15-18,23,25,50H,3-6,10-14,19-21H2,1-2H3/t23?,25-,39+/m1/s1. The topological polar surface area (TPSA) is 96.6 Å². The van der Waals surface area contributed by atoms with Gasteiger partial charge in [0.25, 0.3) is 0 Å². The first-order chi connectivity index (χ1) is 25.0. The molecule has 3 aliphatic heterocycles. The minimum atomic E-state index is -1.01. The van der Waals surface area contributed by atoms with Gasteiger partial charge in [-0.15, -0.1) is 0 Å². The van der Waals surface area contributed by atoms with Crippen LogP contribution >= 0.6 is 0 Å². The monoisotopic (exact) mass is 716 g/mol. The maximum Gasteiger partial charge on any atom is 0.319 e. The zero-order valence-electron chi connectivity index (χ0n) is 29.1. The Labute approximate surface area is 298 Å². The summed E-state index contributed by atoms with van der Waals surface area (Å²) in [4.78, 5) is 26.5. The molecular formula is C39H40F4N6O3. The Balaban J connectivity index is 1.24. The SMILES string of the molecule is CCc1c(F)ccc2cc(O)cc(-c3c(F)cc4c(N5CCCC(C(=O)n6ccc(C)n6)CC5)nc(OC[C@@]56CCCN5C[C@H](F)C6)nc4c3F)c12. The Morgan fingerprint density at radius 1 is 1.04 bits per heavy atom. The van der Waals surface area contributed by atoms with Gasteiger partial charge in [0, 0.05) is 43.6 Å². The summed E-state index contributed by atoms with van der Waals surface area (Å²) in [5.74, 6) is -2.87. The fourth-order valence-electron chi connectivity index (χ4n) is 8.68. The molecule has 5 heterocycles. The van der Waals surface area contributed by atoms with E-state index >= 15 is 13.2 Å². The number of phenols is 1. The Morgan fingerprint density at radius 2 is 1.88 bits per heavy atom. The first kappa shape index (κ1) is 34.3. The molecule has 3 saturated heterocycles. The van der Waals surface area contributed by atoms with E-state index in [4.69, 9.17) is 9.72 Å². The van der Waals surface area contributed by atoms with Crippen molar-refractivity contribution in [1.29, 1.82) is 0 Å². The Hall–Kier alpha value is -4.78. The summed E-state index contributed by atoms with van der Waals surface area (Å²) in [6, 6.07) is 8.23. The van der Waals surface area contributed by atoms with Gasteiger partial charge in [-0.2, -0.15) is 15.1 Å². The lowest BCUT2D eigenvalue weighted by atomic mass is 9.91. The van der Waals surface area contributed by atoms with Crippen LogP contribution in [0.15, 0.2) is 42.6 Å². The summed E-state index contributed by atoms with van der Waals surface area (Å²) in [6.45, 7) is 5.58. The van der Waals surface area contributed by atoms with Crippen molar-refractivity contribution in [2.24, 2.45) is 5.92 Å². The summed E-state index contributed by atoms with van der Waals surface area (Å²) in [5, 5.41) is 15.8. The van der Waals surface area contributed by atoms with Crippen molar-refractivity contribution in [3.05, 3.63) is 71.3 Å². The van der Waals surface area contributed by atoms with Crippen LogP contribution in [-0.2, 0) is 6.42 Å². The van der Waals surface area contributed by atoms with Gasteiger partial charge in [-0.25, -0.2) is 22.2 Å². The zero-order valence-corrected chi connectivity index (χ0v) is 29.1. The van der Waals surface area contributed by atoms with Gasteiger partial charge < -0.3 is 14.7 Å². The number of anilines is 1. The number of hydrogen-bond acceptors (Lipinski definition) is 8. The molecule has 3 fully saturated rings. The first-order valence-corrected chi connectivity index (χ1v) is 18.0. The van der Waals surface area contributed by atoms with E-state index < -0.39 is 34.7 Å². The molecule has 272 valence electrons. The molecule has 3 atom stereocenters. The highest BCUT2D eigenvalue weighted by atomic mass is 19.1. The Kier molecular flexibility index (Phi) is 8.79. The maximum atomic E-state index is 17.1. The van der Waals surface area contributed by atoms with E-state index in [1.54, 1.807) is 19.2 Å². The third-order valence-corrected chi connectivity index (χ3v) is 11.2. The number of carbonyl (C=O) groups excluding carboxylic acids is 1. The highest BCUT2D eigenvalue weighted by Gasteiger charge is 2.49. The summed E-state index contributed by atoms with van der Waals surface area (Å²) in [5.41, 5.74) is -0.190. The molecule has 9 nitrogen and oxygen atoms in total. The smallest absolute Gasteiger partial charge is 0.319 e. The van der Waals surface area contributed by atoms with Crippen LogP contribution in [0.2, 0.25) is 0 Å². The number of ether oxygens (including phenoxy) is 1. The molecular weight excluding hydrogens is 676 g/mol. The average Bonchev–Trinajstić information content (AvgIpc) is 3.74. The highest BCUT2D eigenvalue weighted by molar-refractivity contribution is 6.03. The van der Waals surface area contributed by atoms with Crippen molar-refractivity contribution in [1.82, 2.24) is 24.6 Å². The van der Waals surface area contributed by atoms with Gasteiger partial charge in [0.05, 0.1) is 16.8 Å². The normalized spacial score (nSPS) is 22.3. The van der Waals surface area contributed by atoms with Crippen LogP contribution < -0.4 is 9.64 Å². The first-order valence-electron chi connectivity index (χ1n) is 18.0. The Morgan fingerprint density at radius 3 is 2.67 bits per heavy atom. The van der Waals surface area contributed by atoms with E-state index in [0.717, 1.165) is 25.1 Å². The number of benzene rings is 3. The van der Waals surface area contributed by atoms with Crippen molar-refractivity contribution >= 4 is 33.4 Å². The quantitative estimate of drug-likeness (QED) is 0.173. The number of aromatic nitrogens is 4. The molecule has 0 amide bonds. The molecule has 3 aliphatic rings. The minimum Gasteiger partial charge on any atom is -0.508 e. The van der Waals surface area contributed by atoms with E-state index in [-0.39, 0.29) is 64.5 Å². The molecule has 13 heteroatoms.